The first-order chi connectivity index (χ1) is 13.8. The zero-order chi connectivity index (χ0) is 21.3. The molecule has 0 spiro atoms. The lowest BCUT2D eigenvalue weighted by Gasteiger charge is -2.23. The highest BCUT2D eigenvalue weighted by atomic mass is 16.5. The minimum Gasteiger partial charge on any atom is -0.456 e. The molecule has 0 aliphatic carbocycles. The molecule has 0 saturated heterocycles. The van der Waals surface area contributed by atoms with Crippen molar-refractivity contribution in [3.05, 3.63) is 71.3 Å². The largest absolute Gasteiger partial charge is 0.456 e. The van der Waals surface area contributed by atoms with Crippen LogP contribution in [0.4, 0.5) is 5.69 Å². The summed E-state index contributed by atoms with van der Waals surface area (Å²) in [7, 11) is 6.06. The van der Waals surface area contributed by atoms with E-state index in [1.165, 1.54) is 5.56 Å². The SMILES string of the molecule is CCN(Cc1ccccc1)c1ccc(/C=C(\C#N)C(=O)OCC[N+](C)(C)C)cc1. The van der Waals surface area contributed by atoms with E-state index in [4.69, 9.17) is 4.74 Å². The van der Waals surface area contributed by atoms with Crippen LogP contribution in [-0.2, 0) is 16.1 Å². The molecule has 0 aliphatic rings. The van der Waals surface area contributed by atoms with Crippen molar-refractivity contribution in [3.8, 4) is 6.07 Å². The summed E-state index contributed by atoms with van der Waals surface area (Å²) in [4.78, 5) is 14.4. The summed E-state index contributed by atoms with van der Waals surface area (Å²) in [5.74, 6) is -0.579. The molecule has 0 unspecified atom stereocenters. The van der Waals surface area contributed by atoms with Gasteiger partial charge < -0.3 is 14.1 Å². The molecule has 0 fully saturated rings. The van der Waals surface area contributed by atoms with Crippen LogP contribution >= 0.6 is 0 Å². The summed E-state index contributed by atoms with van der Waals surface area (Å²) in [6.07, 6.45) is 1.57. The van der Waals surface area contributed by atoms with Crippen molar-refractivity contribution < 1.29 is 14.0 Å². The number of hydrogen-bond donors (Lipinski definition) is 0. The van der Waals surface area contributed by atoms with Crippen molar-refractivity contribution in [2.75, 3.05) is 45.7 Å². The molecular formula is C24H30N3O2+. The molecule has 2 aromatic rings. The maximum Gasteiger partial charge on any atom is 0.349 e. The molecule has 0 heterocycles. The number of likely N-dealkylation sites (N-methyl/N-ethyl adjacent to an activating group) is 1. The topological polar surface area (TPSA) is 53.3 Å². The number of anilines is 1. The van der Waals surface area contributed by atoms with E-state index < -0.39 is 5.97 Å². The molecule has 5 nitrogen and oxygen atoms in total. The minimum atomic E-state index is -0.579. The number of carbonyl (C=O) groups is 1. The second-order valence-corrected chi connectivity index (χ2v) is 7.91. The Morgan fingerprint density at radius 1 is 1.10 bits per heavy atom. The Bertz CT molecular complexity index is 860. The first kappa shape index (κ1) is 22.2. The monoisotopic (exact) mass is 392 g/mol. The van der Waals surface area contributed by atoms with Crippen molar-refractivity contribution in [2.45, 2.75) is 13.5 Å². The van der Waals surface area contributed by atoms with E-state index in [9.17, 15) is 10.1 Å². The van der Waals surface area contributed by atoms with Crippen LogP contribution in [0.2, 0.25) is 0 Å². The molecule has 29 heavy (non-hydrogen) atoms. The lowest BCUT2D eigenvalue weighted by molar-refractivity contribution is -0.870. The fraction of sp³-hybridized carbons (Fsp3) is 0.333. The van der Waals surface area contributed by atoms with E-state index in [1.54, 1.807) is 6.08 Å². The predicted molar refractivity (Wildman–Crippen MR) is 117 cm³/mol. The van der Waals surface area contributed by atoms with Crippen LogP contribution in [0.1, 0.15) is 18.1 Å². The normalized spacial score (nSPS) is 11.6. The van der Waals surface area contributed by atoms with E-state index in [0.717, 1.165) is 24.3 Å². The van der Waals surface area contributed by atoms with Crippen LogP contribution in [0.25, 0.3) is 6.08 Å². The molecule has 5 heteroatoms. The average molecular weight is 393 g/mol. The molecule has 2 aromatic carbocycles. The number of benzene rings is 2. The summed E-state index contributed by atoms with van der Waals surface area (Å²) >= 11 is 0. The average Bonchev–Trinajstić information content (AvgIpc) is 2.70. The summed E-state index contributed by atoms with van der Waals surface area (Å²) in [6.45, 7) is 4.80. The lowest BCUT2D eigenvalue weighted by atomic mass is 10.1. The highest BCUT2D eigenvalue weighted by Crippen LogP contribution is 2.19. The molecule has 0 N–H and O–H groups in total. The molecular weight excluding hydrogens is 362 g/mol. The van der Waals surface area contributed by atoms with Gasteiger partial charge in [-0.3, -0.25) is 0 Å². The van der Waals surface area contributed by atoms with Gasteiger partial charge in [-0.25, -0.2) is 4.79 Å². The highest BCUT2D eigenvalue weighted by molar-refractivity contribution is 5.97. The molecule has 2 rings (SSSR count). The number of carbonyl (C=O) groups excluding carboxylic acids is 1. The van der Waals surface area contributed by atoms with Gasteiger partial charge in [0.25, 0.3) is 0 Å². The predicted octanol–water partition coefficient (Wildman–Crippen LogP) is 3.87. The second kappa shape index (κ2) is 10.4. The third-order valence-electron chi connectivity index (χ3n) is 4.50. The van der Waals surface area contributed by atoms with Gasteiger partial charge in [0.1, 0.15) is 24.8 Å². The van der Waals surface area contributed by atoms with Crippen LogP contribution in [0.5, 0.6) is 0 Å². The van der Waals surface area contributed by atoms with Gasteiger partial charge in [-0.2, -0.15) is 5.26 Å². The van der Waals surface area contributed by atoms with E-state index >= 15 is 0 Å². The van der Waals surface area contributed by atoms with E-state index in [2.05, 4.69) is 24.0 Å². The molecule has 0 aromatic heterocycles. The minimum absolute atomic E-state index is 0.00999. The Kier molecular flexibility index (Phi) is 7.99. The summed E-state index contributed by atoms with van der Waals surface area (Å²) < 4.78 is 5.93. The Morgan fingerprint density at radius 3 is 2.31 bits per heavy atom. The van der Waals surface area contributed by atoms with Gasteiger partial charge in [-0.1, -0.05) is 42.5 Å². The Morgan fingerprint density at radius 2 is 1.76 bits per heavy atom. The fourth-order valence-corrected chi connectivity index (χ4v) is 2.76. The number of rotatable bonds is 9. The highest BCUT2D eigenvalue weighted by Gasteiger charge is 2.14. The zero-order valence-corrected chi connectivity index (χ0v) is 17.8. The molecule has 0 amide bonds. The van der Waals surface area contributed by atoms with Crippen LogP contribution < -0.4 is 4.90 Å². The van der Waals surface area contributed by atoms with Gasteiger partial charge in [0, 0.05) is 18.8 Å². The third kappa shape index (κ3) is 7.44. The molecule has 0 atom stereocenters. The van der Waals surface area contributed by atoms with Crippen molar-refractivity contribution in [1.29, 1.82) is 5.26 Å². The van der Waals surface area contributed by atoms with Gasteiger partial charge in [0.15, 0.2) is 0 Å². The molecule has 152 valence electrons. The number of nitriles is 1. The van der Waals surface area contributed by atoms with Gasteiger partial charge in [0.2, 0.25) is 0 Å². The van der Waals surface area contributed by atoms with Crippen molar-refractivity contribution >= 4 is 17.7 Å². The Labute approximate surface area is 174 Å². The smallest absolute Gasteiger partial charge is 0.349 e. The number of quaternary nitrogens is 1. The van der Waals surface area contributed by atoms with Crippen LogP contribution in [-0.4, -0.2) is 51.3 Å². The van der Waals surface area contributed by atoms with Gasteiger partial charge in [-0.15, -0.1) is 0 Å². The third-order valence-corrected chi connectivity index (χ3v) is 4.50. The Balaban J connectivity index is 2.05. The second-order valence-electron chi connectivity index (χ2n) is 7.91. The zero-order valence-electron chi connectivity index (χ0n) is 17.8. The maximum atomic E-state index is 12.2. The number of nitrogens with zero attached hydrogens (tertiary/aromatic N) is 3. The van der Waals surface area contributed by atoms with Crippen LogP contribution in [0.3, 0.4) is 0 Å². The number of hydrogen-bond acceptors (Lipinski definition) is 4. The van der Waals surface area contributed by atoms with Gasteiger partial charge in [-0.05, 0) is 36.3 Å². The van der Waals surface area contributed by atoms with E-state index in [-0.39, 0.29) is 12.2 Å². The van der Waals surface area contributed by atoms with Crippen molar-refractivity contribution in [1.82, 2.24) is 0 Å². The van der Waals surface area contributed by atoms with E-state index in [1.807, 2.05) is 69.7 Å². The van der Waals surface area contributed by atoms with Crippen molar-refractivity contribution in [2.24, 2.45) is 0 Å². The number of ether oxygens (including phenoxy) is 1. The lowest BCUT2D eigenvalue weighted by Crippen LogP contribution is -2.38. The quantitative estimate of drug-likeness (QED) is 0.281. The van der Waals surface area contributed by atoms with Crippen LogP contribution in [0.15, 0.2) is 60.2 Å². The molecule has 0 radical (unpaired) electrons. The molecule has 0 aliphatic heterocycles. The molecule has 0 bridgehead atoms. The first-order valence-electron chi connectivity index (χ1n) is 9.80. The standard InChI is InChI=1S/C24H30N3O2/c1-5-26(19-21-9-7-6-8-10-21)23-13-11-20(12-14-23)17-22(18-25)24(28)29-16-15-27(2,3)4/h6-14,17H,5,15-16,19H2,1-4H3/q+1/b22-17+. The summed E-state index contributed by atoms with van der Waals surface area (Å²) in [5, 5.41) is 9.33. The van der Waals surface area contributed by atoms with Gasteiger partial charge >= 0.3 is 5.97 Å². The maximum absolute atomic E-state index is 12.2. The number of esters is 1. The van der Waals surface area contributed by atoms with Gasteiger partial charge in [0.05, 0.1) is 21.1 Å². The Hall–Kier alpha value is -3.10. The van der Waals surface area contributed by atoms with E-state index in [0.29, 0.717) is 11.0 Å². The fourth-order valence-electron chi connectivity index (χ4n) is 2.76. The van der Waals surface area contributed by atoms with Crippen molar-refractivity contribution in [3.63, 3.8) is 0 Å². The summed E-state index contributed by atoms with van der Waals surface area (Å²) in [6, 6.07) is 20.1. The molecule has 0 saturated carbocycles. The van der Waals surface area contributed by atoms with Crippen LogP contribution in [0, 0.1) is 11.3 Å². The first-order valence-corrected chi connectivity index (χ1v) is 9.80. The summed E-state index contributed by atoms with van der Waals surface area (Å²) in [5.41, 5.74) is 3.15.